The average molecular weight is 366 g/mol. The SMILES string of the molecule is COc1ccc(N2CCN(C(=O)C3Cc4ccccc4C(=O)O3)CC2)cc1. The predicted molar refractivity (Wildman–Crippen MR) is 101 cm³/mol. The van der Waals surface area contributed by atoms with Crippen molar-refractivity contribution in [3.63, 3.8) is 0 Å². The fourth-order valence-corrected chi connectivity index (χ4v) is 3.65. The first-order valence-electron chi connectivity index (χ1n) is 9.12. The second-order valence-electron chi connectivity index (χ2n) is 6.77. The number of hydrogen-bond donors (Lipinski definition) is 0. The van der Waals surface area contributed by atoms with Gasteiger partial charge in [-0.1, -0.05) is 18.2 Å². The molecule has 2 aliphatic rings. The molecular formula is C21H22N2O4. The van der Waals surface area contributed by atoms with Gasteiger partial charge in [0.25, 0.3) is 5.91 Å². The van der Waals surface area contributed by atoms with Crippen molar-refractivity contribution in [2.75, 3.05) is 38.2 Å². The summed E-state index contributed by atoms with van der Waals surface area (Å²) in [5.74, 6) is 0.311. The van der Waals surface area contributed by atoms with Crippen molar-refractivity contribution in [2.24, 2.45) is 0 Å². The summed E-state index contributed by atoms with van der Waals surface area (Å²) in [7, 11) is 1.65. The van der Waals surface area contributed by atoms with Gasteiger partial charge >= 0.3 is 5.97 Å². The number of benzene rings is 2. The maximum atomic E-state index is 12.8. The molecule has 0 saturated carbocycles. The first-order valence-corrected chi connectivity index (χ1v) is 9.12. The van der Waals surface area contributed by atoms with Gasteiger partial charge in [0.05, 0.1) is 12.7 Å². The van der Waals surface area contributed by atoms with Crippen molar-refractivity contribution in [1.29, 1.82) is 0 Å². The molecule has 6 heteroatoms. The van der Waals surface area contributed by atoms with Gasteiger partial charge in [-0.25, -0.2) is 4.79 Å². The van der Waals surface area contributed by atoms with E-state index in [1.165, 1.54) is 0 Å². The van der Waals surface area contributed by atoms with Crippen molar-refractivity contribution in [3.8, 4) is 5.75 Å². The first kappa shape index (κ1) is 17.4. The number of anilines is 1. The number of ether oxygens (including phenoxy) is 2. The minimum atomic E-state index is -0.722. The molecule has 2 aliphatic heterocycles. The van der Waals surface area contributed by atoms with Crippen molar-refractivity contribution in [3.05, 3.63) is 59.7 Å². The molecule has 0 spiro atoms. The normalized spacial score (nSPS) is 19.3. The molecule has 1 amide bonds. The number of cyclic esters (lactones) is 1. The summed E-state index contributed by atoms with van der Waals surface area (Å²) in [6, 6.07) is 15.2. The van der Waals surface area contributed by atoms with E-state index in [1.54, 1.807) is 24.1 Å². The van der Waals surface area contributed by atoms with E-state index in [4.69, 9.17) is 9.47 Å². The highest BCUT2D eigenvalue weighted by Crippen LogP contribution is 2.24. The highest BCUT2D eigenvalue weighted by Gasteiger charge is 2.34. The van der Waals surface area contributed by atoms with Gasteiger partial charge in [-0.2, -0.15) is 0 Å². The van der Waals surface area contributed by atoms with Crippen LogP contribution in [0.3, 0.4) is 0 Å². The van der Waals surface area contributed by atoms with Gasteiger partial charge in [-0.05, 0) is 35.9 Å². The molecule has 0 radical (unpaired) electrons. The van der Waals surface area contributed by atoms with E-state index >= 15 is 0 Å². The Hall–Kier alpha value is -3.02. The standard InChI is InChI=1S/C21H22N2O4/c1-26-17-8-6-16(7-9-17)22-10-12-23(13-11-22)20(24)19-14-15-4-2-3-5-18(15)21(25)27-19/h2-9,19H,10-14H2,1H3. The maximum absolute atomic E-state index is 12.8. The Kier molecular flexibility index (Phi) is 4.71. The van der Waals surface area contributed by atoms with Crippen LogP contribution in [0, 0.1) is 0 Å². The summed E-state index contributed by atoms with van der Waals surface area (Å²) < 4.78 is 10.6. The topological polar surface area (TPSA) is 59.1 Å². The zero-order chi connectivity index (χ0) is 18.8. The van der Waals surface area contributed by atoms with Crippen LogP contribution in [-0.2, 0) is 16.0 Å². The van der Waals surface area contributed by atoms with E-state index in [-0.39, 0.29) is 5.91 Å². The van der Waals surface area contributed by atoms with E-state index in [2.05, 4.69) is 4.90 Å². The van der Waals surface area contributed by atoms with Crippen LogP contribution in [0.4, 0.5) is 5.69 Å². The quantitative estimate of drug-likeness (QED) is 0.779. The molecule has 1 saturated heterocycles. The number of carbonyl (C=O) groups excluding carboxylic acids is 2. The smallest absolute Gasteiger partial charge is 0.339 e. The molecular weight excluding hydrogens is 344 g/mol. The van der Waals surface area contributed by atoms with Crippen LogP contribution in [0.1, 0.15) is 15.9 Å². The zero-order valence-electron chi connectivity index (χ0n) is 15.3. The lowest BCUT2D eigenvalue weighted by Gasteiger charge is -2.38. The van der Waals surface area contributed by atoms with Crippen molar-refractivity contribution in [1.82, 2.24) is 4.90 Å². The molecule has 27 heavy (non-hydrogen) atoms. The third kappa shape index (κ3) is 3.47. The van der Waals surface area contributed by atoms with Crippen LogP contribution in [0.15, 0.2) is 48.5 Å². The van der Waals surface area contributed by atoms with Crippen LogP contribution in [-0.4, -0.2) is 56.2 Å². The van der Waals surface area contributed by atoms with Gasteiger partial charge in [0.2, 0.25) is 0 Å². The van der Waals surface area contributed by atoms with E-state index in [1.807, 2.05) is 36.4 Å². The van der Waals surface area contributed by atoms with Gasteiger partial charge < -0.3 is 19.3 Å². The molecule has 0 aromatic heterocycles. The average Bonchev–Trinajstić information content (AvgIpc) is 2.73. The number of methoxy groups -OCH3 is 1. The van der Waals surface area contributed by atoms with Crippen LogP contribution in [0.2, 0.25) is 0 Å². The molecule has 0 bridgehead atoms. The van der Waals surface area contributed by atoms with Crippen LogP contribution >= 0.6 is 0 Å². The van der Waals surface area contributed by atoms with E-state index in [0.29, 0.717) is 25.1 Å². The summed E-state index contributed by atoms with van der Waals surface area (Å²) in [6.07, 6.45) is -0.278. The molecule has 140 valence electrons. The summed E-state index contributed by atoms with van der Waals surface area (Å²) in [4.78, 5) is 29.0. The number of hydrogen-bond acceptors (Lipinski definition) is 5. The second-order valence-corrected chi connectivity index (χ2v) is 6.77. The van der Waals surface area contributed by atoms with E-state index in [0.717, 1.165) is 30.1 Å². The lowest BCUT2D eigenvalue weighted by molar-refractivity contribution is -0.141. The van der Waals surface area contributed by atoms with Gasteiger partial charge in [-0.3, -0.25) is 4.79 Å². The van der Waals surface area contributed by atoms with E-state index in [9.17, 15) is 9.59 Å². The summed E-state index contributed by atoms with van der Waals surface area (Å²) in [5.41, 5.74) is 2.55. The summed E-state index contributed by atoms with van der Waals surface area (Å²) in [5, 5.41) is 0. The maximum Gasteiger partial charge on any atom is 0.339 e. The van der Waals surface area contributed by atoms with Gasteiger partial charge in [0, 0.05) is 38.3 Å². The summed E-state index contributed by atoms with van der Waals surface area (Å²) >= 11 is 0. The Labute approximate surface area is 158 Å². The Morgan fingerprint density at radius 2 is 1.74 bits per heavy atom. The third-order valence-corrected chi connectivity index (χ3v) is 5.20. The number of piperazine rings is 1. The molecule has 0 aliphatic carbocycles. The number of carbonyl (C=O) groups is 2. The summed E-state index contributed by atoms with van der Waals surface area (Å²) in [6.45, 7) is 2.71. The van der Waals surface area contributed by atoms with Gasteiger partial charge in [0.15, 0.2) is 6.10 Å². The fourth-order valence-electron chi connectivity index (χ4n) is 3.65. The molecule has 1 fully saturated rings. The highest BCUT2D eigenvalue weighted by atomic mass is 16.5. The monoisotopic (exact) mass is 366 g/mol. The molecule has 4 rings (SSSR count). The predicted octanol–water partition coefficient (Wildman–Crippen LogP) is 2.13. The molecule has 2 heterocycles. The van der Waals surface area contributed by atoms with Crippen molar-refractivity contribution < 1.29 is 19.1 Å². The second kappa shape index (κ2) is 7.31. The van der Waals surface area contributed by atoms with Crippen molar-refractivity contribution >= 4 is 17.6 Å². The zero-order valence-corrected chi connectivity index (χ0v) is 15.3. The minimum absolute atomic E-state index is 0.104. The van der Waals surface area contributed by atoms with E-state index < -0.39 is 12.1 Å². The molecule has 2 aromatic rings. The Balaban J connectivity index is 1.38. The number of esters is 1. The van der Waals surface area contributed by atoms with Gasteiger partial charge in [0.1, 0.15) is 5.75 Å². The fraction of sp³-hybridized carbons (Fsp3) is 0.333. The number of amides is 1. The molecule has 1 unspecified atom stereocenters. The lowest BCUT2D eigenvalue weighted by Crippen LogP contribution is -2.53. The molecule has 2 aromatic carbocycles. The lowest BCUT2D eigenvalue weighted by atomic mass is 9.98. The van der Waals surface area contributed by atoms with Crippen molar-refractivity contribution in [2.45, 2.75) is 12.5 Å². The Bertz CT molecular complexity index is 842. The molecule has 0 N–H and O–H groups in total. The largest absolute Gasteiger partial charge is 0.497 e. The molecule has 1 atom stereocenters. The first-order chi connectivity index (χ1) is 13.2. The van der Waals surface area contributed by atoms with Crippen LogP contribution in [0.25, 0.3) is 0 Å². The number of rotatable bonds is 3. The third-order valence-electron chi connectivity index (χ3n) is 5.20. The highest BCUT2D eigenvalue weighted by molar-refractivity contribution is 5.95. The van der Waals surface area contributed by atoms with Crippen LogP contribution in [0.5, 0.6) is 5.75 Å². The Morgan fingerprint density at radius 1 is 1.04 bits per heavy atom. The van der Waals surface area contributed by atoms with Gasteiger partial charge in [-0.15, -0.1) is 0 Å². The van der Waals surface area contributed by atoms with Crippen LogP contribution < -0.4 is 9.64 Å². The Morgan fingerprint density at radius 3 is 2.44 bits per heavy atom. The number of fused-ring (bicyclic) bond motifs is 1. The minimum Gasteiger partial charge on any atom is -0.497 e. The molecule has 6 nitrogen and oxygen atoms in total. The number of nitrogens with zero attached hydrogens (tertiary/aromatic N) is 2.